The summed E-state index contributed by atoms with van der Waals surface area (Å²) in [5, 5.41) is 23.4. The zero-order chi connectivity index (χ0) is 43.5. The summed E-state index contributed by atoms with van der Waals surface area (Å²) in [6, 6.07) is 44.1. The van der Waals surface area contributed by atoms with Gasteiger partial charge in [0.1, 0.15) is 54.2 Å². The fourth-order valence-electron chi connectivity index (χ4n) is 8.19. The highest BCUT2D eigenvalue weighted by atomic mass is 32.2. The van der Waals surface area contributed by atoms with Crippen LogP contribution in [0.3, 0.4) is 0 Å². The van der Waals surface area contributed by atoms with Gasteiger partial charge in [0.2, 0.25) is 0 Å². The van der Waals surface area contributed by atoms with Crippen molar-refractivity contribution in [1.82, 2.24) is 4.90 Å². The minimum absolute atomic E-state index is 0.0252. The average molecular weight is 876 g/mol. The molecule has 10 atom stereocenters. The Morgan fingerprint density at radius 1 is 0.540 bits per heavy atom. The number of amides is 2. The smallest absolute Gasteiger partial charge is 0.262 e. The van der Waals surface area contributed by atoms with Crippen LogP contribution in [0.25, 0.3) is 0 Å². The Bertz CT molecular complexity index is 2170. The second kappa shape index (κ2) is 21.7. The number of nitrogens with zero attached hydrogens (tertiary/aromatic N) is 1. The summed E-state index contributed by atoms with van der Waals surface area (Å²) in [4.78, 5) is 30.0. The Kier molecular flexibility index (Phi) is 15.5. The van der Waals surface area contributed by atoms with Gasteiger partial charge in [-0.15, -0.1) is 11.8 Å². The number of benzene rings is 5. The molecule has 3 aliphatic rings. The first kappa shape index (κ1) is 44.8. The first-order chi connectivity index (χ1) is 30.9. The predicted octanol–water partition coefficient (Wildman–Crippen LogP) is 6.57. The van der Waals surface area contributed by atoms with Crippen molar-refractivity contribution >= 4 is 23.6 Å². The van der Waals surface area contributed by atoms with E-state index in [0.717, 1.165) is 22.3 Å². The molecule has 2 fully saturated rings. The third-order valence-electron chi connectivity index (χ3n) is 11.4. The molecule has 8 rings (SSSR count). The van der Waals surface area contributed by atoms with E-state index in [1.165, 1.54) is 16.7 Å². The van der Waals surface area contributed by atoms with Gasteiger partial charge in [0, 0.05) is 0 Å². The summed E-state index contributed by atoms with van der Waals surface area (Å²) in [7, 11) is 0. The molecule has 0 unspecified atom stereocenters. The zero-order valence-electron chi connectivity index (χ0n) is 35.0. The number of hydrogen-bond donors (Lipinski definition) is 2. The molecule has 330 valence electrons. The molecule has 0 aromatic heterocycles. The molecule has 13 heteroatoms. The Balaban J connectivity index is 1.16. The topological polar surface area (TPSA) is 142 Å². The highest BCUT2D eigenvalue weighted by molar-refractivity contribution is 7.99. The molecule has 5 aromatic carbocycles. The Hall–Kier alpha value is -4.77. The van der Waals surface area contributed by atoms with E-state index in [9.17, 15) is 19.8 Å². The standard InChI is InChI=1S/C50H53NO11S/c1-2-63-50-41(51-47(54)37-25-15-16-26-38(37)48(51)55)45(58-29-35-21-11-5-12-22-35)44(40(61-50)32-57-28-34-19-9-4-10-20-34)62-49-46(59-30-36-23-13-6-14-24-36)43(53)42(52)39(60-49)31-56-27-33-17-7-3-8-18-33/h3-26,39-46,49-50,52-53H,2,27-32H2,1H3/t39-,40-,41-,42+,43+,44-,45-,46-,49+,50+/m1/s1. The molecule has 12 nitrogen and oxygen atoms in total. The van der Waals surface area contributed by atoms with Crippen LogP contribution < -0.4 is 0 Å². The Morgan fingerprint density at radius 3 is 1.48 bits per heavy atom. The number of thioether (sulfide) groups is 1. The van der Waals surface area contributed by atoms with Crippen LogP contribution in [0.15, 0.2) is 146 Å². The SMILES string of the molecule is CCS[C@@H]1O[C@H](COCc2ccccc2)[C@@H](O[C@@H]2O[C@H](COCc3ccccc3)[C@H](O)[C@H](O)[C@H]2OCc2ccccc2)[C@H](OCc2ccccc2)[C@H]1N1C(=O)c2ccccc2C1=O. The maximum atomic E-state index is 14.4. The van der Waals surface area contributed by atoms with Crippen molar-refractivity contribution in [1.29, 1.82) is 0 Å². The van der Waals surface area contributed by atoms with Gasteiger partial charge >= 0.3 is 0 Å². The van der Waals surface area contributed by atoms with E-state index in [0.29, 0.717) is 5.75 Å². The molecule has 0 spiro atoms. The molecular formula is C50H53NO11S. The Morgan fingerprint density at radius 2 is 0.984 bits per heavy atom. The molecule has 5 aromatic rings. The third-order valence-corrected chi connectivity index (χ3v) is 12.4. The molecule has 0 saturated carbocycles. The van der Waals surface area contributed by atoms with Crippen molar-refractivity contribution in [2.45, 2.75) is 93.8 Å². The molecule has 3 aliphatic heterocycles. The van der Waals surface area contributed by atoms with Gasteiger partial charge in [-0.1, -0.05) is 140 Å². The molecule has 2 amide bonds. The van der Waals surface area contributed by atoms with E-state index in [1.807, 2.05) is 128 Å². The highest BCUT2D eigenvalue weighted by Gasteiger charge is 2.57. The quantitative estimate of drug-likeness (QED) is 0.0868. The number of hydrogen-bond acceptors (Lipinski definition) is 12. The van der Waals surface area contributed by atoms with Crippen LogP contribution in [-0.4, -0.2) is 106 Å². The van der Waals surface area contributed by atoms with Crippen LogP contribution in [0.5, 0.6) is 0 Å². The number of aliphatic hydroxyl groups excluding tert-OH is 2. The van der Waals surface area contributed by atoms with Crippen LogP contribution in [0.4, 0.5) is 0 Å². The fourth-order valence-corrected chi connectivity index (χ4v) is 9.21. The highest BCUT2D eigenvalue weighted by Crippen LogP contribution is 2.40. The molecule has 63 heavy (non-hydrogen) atoms. The van der Waals surface area contributed by atoms with E-state index in [1.54, 1.807) is 24.3 Å². The maximum Gasteiger partial charge on any atom is 0.262 e. The largest absolute Gasteiger partial charge is 0.387 e. The molecule has 3 heterocycles. The summed E-state index contributed by atoms with van der Waals surface area (Å²) in [5.41, 5.74) is 3.38. The average Bonchev–Trinajstić information content (AvgIpc) is 3.57. The van der Waals surface area contributed by atoms with Crippen LogP contribution in [0.2, 0.25) is 0 Å². The van der Waals surface area contributed by atoms with Crippen molar-refractivity contribution in [3.05, 3.63) is 179 Å². The van der Waals surface area contributed by atoms with Crippen LogP contribution in [-0.2, 0) is 59.6 Å². The van der Waals surface area contributed by atoms with Gasteiger partial charge in [0.15, 0.2) is 6.29 Å². The van der Waals surface area contributed by atoms with E-state index in [-0.39, 0.29) is 50.8 Å². The number of rotatable bonds is 19. The van der Waals surface area contributed by atoms with Crippen molar-refractivity contribution < 1.29 is 53.0 Å². The van der Waals surface area contributed by atoms with Gasteiger partial charge in [-0.2, -0.15) is 0 Å². The van der Waals surface area contributed by atoms with Crippen LogP contribution in [0.1, 0.15) is 49.9 Å². The number of aliphatic hydroxyl groups is 2. The van der Waals surface area contributed by atoms with Crippen molar-refractivity contribution in [3.63, 3.8) is 0 Å². The van der Waals surface area contributed by atoms with E-state index >= 15 is 0 Å². The van der Waals surface area contributed by atoms with Gasteiger partial charge in [-0.25, -0.2) is 0 Å². The molecule has 2 saturated heterocycles. The lowest BCUT2D eigenvalue weighted by Gasteiger charge is -2.50. The van der Waals surface area contributed by atoms with Gasteiger partial charge in [0.25, 0.3) is 11.8 Å². The first-order valence-electron chi connectivity index (χ1n) is 21.3. The number of ether oxygens (including phenoxy) is 7. The van der Waals surface area contributed by atoms with Crippen molar-refractivity contribution in [2.75, 3.05) is 19.0 Å². The number of fused-ring (bicyclic) bond motifs is 1. The number of carbonyl (C=O) groups excluding carboxylic acids is 2. The minimum atomic E-state index is -1.48. The summed E-state index contributed by atoms with van der Waals surface area (Å²) in [6.07, 6.45) is -9.43. The Labute approximate surface area is 372 Å². The minimum Gasteiger partial charge on any atom is -0.387 e. The molecular weight excluding hydrogens is 823 g/mol. The summed E-state index contributed by atoms with van der Waals surface area (Å²) >= 11 is 1.45. The second-order valence-electron chi connectivity index (χ2n) is 15.7. The van der Waals surface area contributed by atoms with E-state index < -0.39 is 72.3 Å². The van der Waals surface area contributed by atoms with Crippen LogP contribution >= 0.6 is 11.8 Å². The summed E-state index contributed by atoms with van der Waals surface area (Å²) < 4.78 is 46.3. The van der Waals surface area contributed by atoms with Gasteiger partial charge in [-0.05, 0) is 40.1 Å². The summed E-state index contributed by atoms with van der Waals surface area (Å²) in [6.45, 7) is 2.61. The normalized spacial score (nSPS) is 27.1. The lowest BCUT2D eigenvalue weighted by atomic mass is 9.94. The monoisotopic (exact) mass is 875 g/mol. The van der Waals surface area contributed by atoms with E-state index in [2.05, 4.69) is 0 Å². The van der Waals surface area contributed by atoms with Crippen molar-refractivity contribution in [2.24, 2.45) is 0 Å². The lowest BCUT2D eigenvalue weighted by Crippen LogP contribution is -2.68. The molecule has 2 N–H and O–H groups in total. The van der Waals surface area contributed by atoms with Gasteiger partial charge in [-0.3, -0.25) is 14.5 Å². The predicted molar refractivity (Wildman–Crippen MR) is 235 cm³/mol. The fraction of sp³-hybridized carbons (Fsp3) is 0.360. The number of carbonyl (C=O) groups is 2. The first-order valence-corrected chi connectivity index (χ1v) is 22.4. The van der Waals surface area contributed by atoms with Gasteiger partial charge in [0.05, 0.1) is 50.8 Å². The molecule has 0 aliphatic carbocycles. The second-order valence-corrected chi connectivity index (χ2v) is 17.0. The number of imide groups is 1. The van der Waals surface area contributed by atoms with Crippen molar-refractivity contribution in [3.8, 4) is 0 Å². The van der Waals surface area contributed by atoms with E-state index in [4.69, 9.17) is 33.2 Å². The third kappa shape index (κ3) is 10.8. The molecule has 0 radical (unpaired) electrons. The lowest BCUT2D eigenvalue weighted by molar-refractivity contribution is -0.346. The molecule has 0 bridgehead atoms. The van der Waals surface area contributed by atoms with Gasteiger partial charge < -0.3 is 43.4 Å². The van der Waals surface area contributed by atoms with Crippen LogP contribution in [0, 0.1) is 0 Å². The maximum absolute atomic E-state index is 14.4. The zero-order valence-corrected chi connectivity index (χ0v) is 35.8. The summed E-state index contributed by atoms with van der Waals surface area (Å²) in [5.74, 6) is -0.345.